The summed E-state index contributed by atoms with van der Waals surface area (Å²) in [5.74, 6) is -0.689. The average molecular weight is 513 g/mol. The van der Waals surface area contributed by atoms with Crippen molar-refractivity contribution in [3.63, 3.8) is 0 Å². The highest BCUT2D eigenvalue weighted by atomic mass is 79.9. The molecule has 0 radical (unpaired) electrons. The molecule has 0 aliphatic carbocycles. The van der Waals surface area contributed by atoms with E-state index in [1.54, 1.807) is 23.1 Å². The first-order valence-electron chi connectivity index (χ1n) is 11.4. The second-order valence-electron chi connectivity index (χ2n) is 8.72. The van der Waals surface area contributed by atoms with E-state index in [2.05, 4.69) is 15.9 Å². The Bertz CT molecular complexity index is 1070. The zero-order valence-electron chi connectivity index (χ0n) is 18.7. The molecule has 2 aliphatic heterocycles. The number of fused-ring (bicyclic) bond motifs is 1. The van der Waals surface area contributed by atoms with Crippen molar-refractivity contribution in [3.8, 4) is 0 Å². The molecule has 0 aromatic heterocycles. The number of aliphatic hydroxyl groups excluding tert-OH is 1. The van der Waals surface area contributed by atoms with Gasteiger partial charge in [-0.05, 0) is 55.2 Å². The number of benzene rings is 2. The summed E-state index contributed by atoms with van der Waals surface area (Å²) in [6.07, 6.45) is 6.57. The molecule has 0 bridgehead atoms. The van der Waals surface area contributed by atoms with Gasteiger partial charge in [-0.15, -0.1) is 0 Å². The number of carbonyl (C=O) groups is 2. The molecule has 4 rings (SSSR count). The van der Waals surface area contributed by atoms with Crippen LogP contribution >= 0.6 is 15.9 Å². The van der Waals surface area contributed by atoms with Crippen LogP contribution in [0.15, 0.2) is 59.1 Å². The number of carbonyl (C=O) groups excluding carboxylic acids is 2. The summed E-state index contributed by atoms with van der Waals surface area (Å²) >= 11 is 3.46. The van der Waals surface area contributed by atoms with E-state index in [1.165, 1.54) is 0 Å². The summed E-state index contributed by atoms with van der Waals surface area (Å²) in [6, 6.07) is 13.2. The first-order valence-corrected chi connectivity index (χ1v) is 12.2. The number of piperidine rings is 1. The lowest BCUT2D eigenvalue weighted by atomic mass is 9.83. The van der Waals surface area contributed by atoms with Gasteiger partial charge in [-0.2, -0.15) is 0 Å². The summed E-state index contributed by atoms with van der Waals surface area (Å²) < 4.78 is 0.788. The van der Waals surface area contributed by atoms with Crippen molar-refractivity contribution in [1.29, 1.82) is 0 Å². The zero-order chi connectivity index (χ0) is 23.6. The molecule has 2 aromatic rings. The largest absolute Gasteiger partial charge is 0.396 e. The van der Waals surface area contributed by atoms with Crippen LogP contribution in [0.3, 0.4) is 0 Å². The molecule has 33 heavy (non-hydrogen) atoms. The standard InChI is InChI=1S/C26H29BrN2O4/c1-18(6-3-5-15-30)26(33)22-16-20(27)10-13-23(22)29(25(26)32)17-19-8-11-21(12-9-19)28-14-4-2-7-24(28)31/h3,6,8-13,16,18,30,33H,2,4-5,7,14-15,17H2,1H3/b6-3+/t18-,26+/m0/s1. The minimum absolute atomic E-state index is 0.0167. The zero-order valence-corrected chi connectivity index (χ0v) is 20.3. The first-order chi connectivity index (χ1) is 15.9. The van der Waals surface area contributed by atoms with E-state index in [9.17, 15) is 14.7 Å². The number of anilines is 2. The molecule has 174 valence electrons. The molecular weight excluding hydrogens is 484 g/mol. The molecule has 0 saturated carbocycles. The van der Waals surface area contributed by atoms with E-state index < -0.39 is 11.5 Å². The maximum atomic E-state index is 13.6. The van der Waals surface area contributed by atoms with Crippen molar-refractivity contribution in [3.05, 3.63) is 70.2 Å². The quantitative estimate of drug-likeness (QED) is 0.542. The van der Waals surface area contributed by atoms with Gasteiger partial charge in [0, 0.05) is 41.2 Å². The number of hydrogen-bond donors (Lipinski definition) is 2. The van der Waals surface area contributed by atoms with Crippen LogP contribution in [0.4, 0.5) is 11.4 Å². The normalized spacial score (nSPS) is 21.7. The number of nitrogens with zero attached hydrogens (tertiary/aromatic N) is 2. The Morgan fingerprint density at radius 3 is 2.61 bits per heavy atom. The molecule has 2 heterocycles. The van der Waals surface area contributed by atoms with E-state index in [0.29, 0.717) is 30.6 Å². The van der Waals surface area contributed by atoms with Crippen LogP contribution in [0.2, 0.25) is 0 Å². The van der Waals surface area contributed by atoms with Gasteiger partial charge < -0.3 is 20.0 Å². The van der Waals surface area contributed by atoms with E-state index in [4.69, 9.17) is 5.11 Å². The Labute approximate surface area is 202 Å². The summed E-state index contributed by atoms with van der Waals surface area (Å²) in [7, 11) is 0. The highest BCUT2D eigenvalue weighted by molar-refractivity contribution is 9.10. The average Bonchev–Trinajstić information content (AvgIpc) is 3.02. The van der Waals surface area contributed by atoms with Crippen LogP contribution in [-0.2, 0) is 21.7 Å². The third-order valence-corrected chi connectivity index (χ3v) is 7.02. The number of halogens is 1. The molecule has 1 saturated heterocycles. The predicted molar refractivity (Wildman–Crippen MR) is 132 cm³/mol. The van der Waals surface area contributed by atoms with Crippen LogP contribution in [0.25, 0.3) is 0 Å². The van der Waals surface area contributed by atoms with Crippen molar-refractivity contribution < 1.29 is 19.8 Å². The third-order valence-electron chi connectivity index (χ3n) is 6.52. The van der Waals surface area contributed by atoms with E-state index in [0.717, 1.165) is 35.1 Å². The molecule has 7 heteroatoms. The predicted octanol–water partition coefficient (Wildman–Crippen LogP) is 4.28. The van der Waals surface area contributed by atoms with Crippen LogP contribution in [0.1, 0.15) is 43.7 Å². The molecule has 2 amide bonds. The second kappa shape index (κ2) is 9.79. The second-order valence-corrected chi connectivity index (χ2v) is 9.63. The van der Waals surface area contributed by atoms with Crippen LogP contribution in [0.5, 0.6) is 0 Å². The van der Waals surface area contributed by atoms with Gasteiger partial charge in [-0.3, -0.25) is 9.59 Å². The molecule has 0 spiro atoms. The minimum atomic E-state index is -1.69. The molecule has 6 nitrogen and oxygen atoms in total. The van der Waals surface area contributed by atoms with Gasteiger partial charge in [0.25, 0.3) is 5.91 Å². The Hall–Kier alpha value is -2.48. The molecule has 1 fully saturated rings. The summed E-state index contributed by atoms with van der Waals surface area (Å²) in [6.45, 7) is 2.88. The summed E-state index contributed by atoms with van der Waals surface area (Å²) in [5.41, 5.74) is 1.35. The third kappa shape index (κ3) is 4.50. The summed E-state index contributed by atoms with van der Waals surface area (Å²) in [5, 5.41) is 20.7. The van der Waals surface area contributed by atoms with Crippen molar-refractivity contribution in [2.75, 3.05) is 23.0 Å². The van der Waals surface area contributed by atoms with E-state index in [1.807, 2.05) is 48.2 Å². The van der Waals surface area contributed by atoms with Crippen molar-refractivity contribution in [2.24, 2.45) is 5.92 Å². The lowest BCUT2D eigenvalue weighted by Gasteiger charge is -2.28. The smallest absolute Gasteiger partial charge is 0.264 e. The minimum Gasteiger partial charge on any atom is -0.396 e. The fraction of sp³-hybridized carbons (Fsp3) is 0.385. The Morgan fingerprint density at radius 2 is 1.91 bits per heavy atom. The van der Waals surface area contributed by atoms with E-state index >= 15 is 0 Å². The lowest BCUT2D eigenvalue weighted by Crippen LogP contribution is -2.44. The Kier molecular flexibility index (Phi) is 7.02. The van der Waals surface area contributed by atoms with Crippen LogP contribution < -0.4 is 9.80 Å². The topological polar surface area (TPSA) is 81.1 Å². The number of rotatable bonds is 7. The van der Waals surface area contributed by atoms with Gasteiger partial charge >= 0.3 is 0 Å². The van der Waals surface area contributed by atoms with Crippen LogP contribution in [-0.4, -0.2) is 35.2 Å². The van der Waals surface area contributed by atoms with Gasteiger partial charge in [-0.25, -0.2) is 0 Å². The van der Waals surface area contributed by atoms with Gasteiger partial charge in [-0.1, -0.05) is 47.1 Å². The number of aliphatic hydroxyl groups is 2. The monoisotopic (exact) mass is 512 g/mol. The highest BCUT2D eigenvalue weighted by Crippen LogP contribution is 2.46. The van der Waals surface area contributed by atoms with Crippen LogP contribution in [0, 0.1) is 5.92 Å². The fourth-order valence-electron chi connectivity index (χ4n) is 4.63. The number of amides is 2. The molecular formula is C26H29BrN2O4. The van der Waals surface area contributed by atoms with Crippen molar-refractivity contribution >= 4 is 39.1 Å². The highest BCUT2D eigenvalue weighted by Gasteiger charge is 2.52. The molecule has 2 aliphatic rings. The maximum Gasteiger partial charge on any atom is 0.264 e. The first kappa shape index (κ1) is 23.7. The Balaban J connectivity index is 1.61. The van der Waals surface area contributed by atoms with Gasteiger partial charge in [0.1, 0.15) is 0 Å². The lowest BCUT2D eigenvalue weighted by molar-refractivity contribution is -0.139. The molecule has 2 atom stereocenters. The van der Waals surface area contributed by atoms with Gasteiger partial charge in [0.2, 0.25) is 5.91 Å². The van der Waals surface area contributed by atoms with Gasteiger partial charge in [0.15, 0.2) is 5.60 Å². The fourth-order valence-corrected chi connectivity index (χ4v) is 4.99. The Morgan fingerprint density at radius 1 is 1.15 bits per heavy atom. The maximum absolute atomic E-state index is 13.6. The number of hydrogen-bond acceptors (Lipinski definition) is 4. The molecule has 2 N–H and O–H groups in total. The molecule has 2 aromatic carbocycles. The summed E-state index contributed by atoms with van der Waals surface area (Å²) in [4.78, 5) is 29.2. The SMILES string of the molecule is C[C@@H](/C=C/CCO)[C@]1(O)C(=O)N(Cc2ccc(N3CCCCC3=O)cc2)c2ccc(Br)cc21. The van der Waals surface area contributed by atoms with Crippen molar-refractivity contribution in [2.45, 2.75) is 44.8 Å². The van der Waals surface area contributed by atoms with E-state index in [-0.39, 0.29) is 18.4 Å². The van der Waals surface area contributed by atoms with Crippen molar-refractivity contribution in [1.82, 2.24) is 0 Å². The van der Waals surface area contributed by atoms with Gasteiger partial charge in [0.05, 0.1) is 12.2 Å². The molecule has 0 unspecified atom stereocenters.